The smallest absolute Gasteiger partial charge is 0.264 e. The lowest BCUT2D eigenvalue weighted by Gasteiger charge is -2.12. The molecular weight excluding hydrogens is 414 g/mol. The van der Waals surface area contributed by atoms with E-state index in [2.05, 4.69) is 22.1 Å². The Morgan fingerprint density at radius 2 is 2.13 bits per heavy atom. The first-order chi connectivity index (χ1) is 15.1. The van der Waals surface area contributed by atoms with E-state index in [-0.39, 0.29) is 5.56 Å². The summed E-state index contributed by atoms with van der Waals surface area (Å²) in [6, 6.07) is 7.30. The number of thiophene rings is 1. The summed E-state index contributed by atoms with van der Waals surface area (Å²) < 4.78 is 8.77. The molecule has 4 aromatic rings. The molecular formula is C22H23N5O3S. The summed E-state index contributed by atoms with van der Waals surface area (Å²) in [6.45, 7) is 6.43. The molecule has 1 atom stereocenters. The number of aliphatic hydroxyl groups is 1. The third-order valence-corrected chi connectivity index (χ3v) is 6.82. The Kier molecular flexibility index (Phi) is 5.09. The molecule has 0 saturated carbocycles. The molecule has 8 nitrogen and oxygen atoms in total. The van der Waals surface area contributed by atoms with Gasteiger partial charge in [-0.25, -0.2) is 4.40 Å². The normalized spacial score (nSPS) is 14.3. The number of rotatable bonds is 7. The van der Waals surface area contributed by atoms with E-state index in [1.54, 1.807) is 34.1 Å². The summed E-state index contributed by atoms with van der Waals surface area (Å²) in [5.74, 6) is 1.03. The molecule has 1 aromatic carbocycles. The van der Waals surface area contributed by atoms with E-state index in [0.29, 0.717) is 30.4 Å². The minimum atomic E-state index is -0.950. The molecule has 160 valence electrons. The van der Waals surface area contributed by atoms with Crippen LogP contribution in [-0.2, 0) is 24.1 Å². The molecule has 0 fully saturated rings. The zero-order valence-corrected chi connectivity index (χ0v) is 18.0. The van der Waals surface area contributed by atoms with Crippen LogP contribution in [0.2, 0.25) is 0 Å². The summed E-state index contributed by atoms with van der Waals surface area (Å²) in [6.07, 6.45) is 3.77. The maximum atomic E-state index is 13.3. The lowest BCUT2D eigenvalue weighted by Crippen LogP contribution is -2.23. The second kappa shape index (κ2) is 7.92. The van der Waals surface area contributed by atoms with Gasteiger partial charge in [0.15, 0.2) is 6.29 Å². The number of anilines is 2. The van der Waals surface area contributed by atoms with E-state index in [1.165, 1.54) is 10.4 Å². The highest BCUT2D eigenvalue weighted by Crippen LogP contribution is 2.37. The van der Waals surface area contributed by atoms with Crippen molar-refractivity contribution in [3.63, 3.8) is 0 Å². The fourth-order valence-corrected chi connectivity index (χ4v) is 5.50. The minimum Gasteiger partial charge on any atom is -0.364 e. The quantitative estimate of drug-likeness (QED) is 0.339. The molecule has 0 spiro atoms. The van der Waals surface area contributed by atoms with Gasteiger partial charge in [0.05, 0.1) is 5.39 Å². The van der Waals surface area contributed by atoms with Crippen molar-refractivity contribution in [3.8, 4) is 0 Å². The van der Waals surface area contributed by atoms with E-state index in [4.69, 9.17) is 4.74 Å². The Labute approximate surface area is 182 Å². The topological polar surface area (TPSA) is 93.7 Å². The maximum absolute atomic E-state index is 13.3. The molecule has 3 heterocycles. The molecule has 0 aliphatic heterocycles. The number of fused-ring (bicyclic) bond motifs is 5. The number of hydrogen-bond acceptors (Lipinski definition) is 7. The number of aliphatic hydroxyl groups excluding tert-OH is 1. The van der Waals surface area contributed by atoms with Crippen LogP contribution >= 0.6 is 11.3 Å². The van der Waals surface area contributed by atoms with Crippen molar-refractivity contribution >= 4 is 39.0 Å². The molecule has 0 radical (unpaired) electrons. The van der Waals surface area contributed by atoms with Crippen molar-refractivity contribution in [1.29, 1.82) is 0 Å². The molecule has 1 aliphatic carbocycles. The largest absolute Gasteiger partial charge is 0.364 e. The predicted octanol–water partition coefficient (Wildman–Crippen LogP) is 3.55. The minimum absolute atomic E-state index is 0.0324. The highest BCUT2D eigenvalue weighted by molar-refractivity contribution is 7.19. The van der Waals surface area contributed by atoms with Gasteiger partial charge in [-0.15, -0.1) is 28.1 Å². The average Bonchev–Trinajstić information content (AvgIpc) is 3.46. The highest BCUT2D eigenvalue weighted by atomic mass is 32.1. The molecule has 0 saturated heterocycles. The van der Waals surface area contributed by atoms with Crippen LogP contribution in [0.25, 0.3) is 16.0 Å². The zero-order chi connectivity index (χ0) is 21.5. The van der Waals surface area contributed by atoms with Crippen LogP contribution in [0.5, 0.6) is 0 Å². The number of aryl methyl sites for hydroxylation is 2. The van der Waals surface area contributed by atoms with Gasteiger partial charge in [-0.05, 0) is 43.9 Å². The van der Waals surface area contributed by atoms with Gasteiger partial charge in [0.2, 0.25) is 11.7 Å². The van der Waals surface area contributed by atoms with Crippen LogP contribution in [-0.4, -0.2) is 30.9 Å². The van der Waals surface area contributed by atoms with Crippen molar-refractivity contribution in [3.05, 3.63) is 63.3 Å². The van der Waals surface area contributed by atoms with Gasteiger partial charge in [-0.2, -0.15) is 0 Å². The number of allylic oxidation sites excluding steroid dienone is 1. The maximum Gasteiger partial charge on any atom is 0.264 e. The van der Waals surface area contributed by atoms with Crippen molar-refractivity contribution in [1.82, 2.24) is 19.2 Å². The van der Waals surface area contributed by atoms with Gasteiger partial charge < -0.3 is 15.2 Å². The predicted molar refractivity (Wildman–Crippen MR) is 121 cm³/mol. The molecule has 31 heavy (non-hydrogen) atoms. The number of ether oxygens (including phenoxy) is 1. The van der Waals surface area contributed by atoms with Crippen LogP contribution in [0.15, 0.2) is 41.7 Å². The van der Waals surface area contributed by atoms with E-state index >= 15 is 0 Å². The number of aromatic nitrogens is 4. The van der Waals surface area contributed by atoms with Gasteiger partial charge >= 0.3 is 0 Å². The third-order valence-electron chi connectivity index (χ3n) is 5.54. The van der Waals surface area contributed by atoms with E-state index < -0.39 is 6.29 Å². The standard InChI is InChI=1S/C22H23N5O3S/c1-3-12-26-18(28)17-15-6-5-7-16(15)31-19(17)27-21(24-25-22(26)27)23-14-10-8-13(9-11-14)20(29)30-4-2/h3,8-11,20,29H,1,4-7,12H2,2H3,(H,23,24)/t20-/m0/s1. The third kappa shape index (κ3) is 3.25. The van der Waals surface area contributed by atoms with E-state index in [9.17, 15) is 9.90 Å². The van der Waals surface area contributed by atoms with Crippen LogP contribution in [0.4, 0.5) is 11.6 Å². The van der Waals surface area contributed by atoms with Gasteiger partial charge in [0, 0.05) is 29.3 Å². The number of nitrogens with one attached hydrogen (secondary N) is 1. The summed E-state index contributed by atoms with van der Waals surface area (Å²) in [7, 11) is 0. The molecule has 0 amide bonds. The molecule has 2 N–H and O–H groups in total. The Bertz CT molecular complexity index is 1340. The summed E-state index contributed by atoms with van der Waals surface area (Å²) in [4.78, 5) is 15.4. The molecule has 9 heteroatoms. The molecule has 0 unspecified atom stereocenters. The summed E-state index contributed by atoms with van der Waals surface area (Å²) in [5.41, 5.74) is 2.60. The van der Waals surface area contributed by atoms with Gasteiger partial charge in [0.25, 0.3) is 5.56 Å². The van der Waals surface area contributed by atoms with Gasteiger partial charge in [-0.3, -0.25) is 9.36 Å². The Morgan fingerprint density at radius 3 is 2.87 bits per heavy atom. The lowest BCUT2D eigenvalue weighted by atomic mass is 10.2. The lowest BCUT2D eigenvalue weighted by molar-refractivity contribution is -0.0979. The monoisotopic (exact) mass is 437 g/mol. The first kappa shape index (κ1) is 19.9. The Balaban J connectivity index is 1.62. The van der Waals surface area contributed by atoms with Gasteiger partial charge in [0.1, 0.15) is 4.83 Å². The van der Waals surface area contributed by atoms with Crippen LogP contribution in [0.1, 0.15) is 35.6 Å². The molecule has 3 aromatic heterocycles. The second-order valence-electron chi connectivity index (χ2n) is 7.46. The molecule has 1 aliphatic rings. The first-order valence-electron chi connectivity index (χ1n) is 10.3. The van der Waals surface area contributed by atoms with Crippen molar-refractivity contribution < 1.29 is 9.84 Å². The molecule has 0 bridgehead atoms. The van der Waals surface area contributed by atoms with Crippen LogP contribution < -0.4 is 10.9 Å². The van der Waals surface area contributed by atoms with Crippen molar-refractivity contribution in [2.75, 3.05) is 11.9 Å². The average molecular weight is 438 g/mol. The summed E-state index contributed by atoms with van der Waals surface area (Å²) in [5, 5.41) is 22.7. The number of benzene rings is 1. The van der Waals surface area contributed by atoms with Crippen LogP contribution in [0.3, 0.4) is 0 Å². The SMILES string of the molecule is C=CCn1c(=O)c2c3c(sc2n2c(Nc4ccc([C@@H](O)OCC)cc4)nnc12)CCC3. The van der Waals surface area contributed by atoms with E-state index in [1.807, 2.05) is 23.5 Å². The van der Waals surface area contributed by atoms with Gasteiger partial charge in [-0.1, -0.05) is 18.2 Å². The fourth-order valence-electron chi connectivity index (χ4n) is 4.12. The van der Waals surface area contributed by atoms with Crippen molar-refractivity contribution in [2.45, 2.75) is 39.0 Å². The Morgan fingerprint density at radius 1 is 1.32 bits per heavy atom. The molecule has 5 rings (SSSR count). The van der Waals surface area contributed by atoms with E-state index in [0.717, 1.165) is 35.2 Å². The number of nitrogens with zero attached hydrogens (tertiary/aromatic N) is 4. The summed E-state index contributed by atoms with van der Waals surface area (Å²) >= 11 is 1.65. The van der Waals surface area contributed by atoms with Crippen LogP contribution in [0, 0.1) is 0 Å². The van der Waals surface area contributed by atoms with Crippen molar-refractivity contribution in [2.24, 2.45) is 0 Å². The highest BCUT2D eigenvalue weighted by Gasteiger charge is 2.25. The number of hydrogen-bond donors (Lipinski definition) is 2. The fraction of sp³-hybridized carbons (Fsp3) is 0.318. The zero-order valence-electron chi connectivity index (χ0n) is 17.2. The second-order valence-corrected chi connectivity index (χ2v) is 8.54. The Hall–Kier alpha value is -3.01. The first-order valence-corrected chi connectivity index (χ1v) is 11.1.